The number of benzene rings is 2. The van der Waals surface area contributed by atoms with Crippen molar-refractivity contribution in [3.05, 3.63) is 63.2 Å². The number of nitro benzene ring substituents is 1. The molecule has 0 radical (unpaired) electrons. The highest BCUT2D eigenvalue weighted by Gasteiger charge is 2.30. The minimum absolute atomic E-state index is 0.0289. The summed E-state index contributed by atoms with van der Waals surface area (Å²) in [6.45, 7) is 1.73. The summed E-state index contributed by atoms with van der Waals surface area (Å²) in [6, 6.07) is 10.6. The zero-order chi connectivity index (χ0) is 26.1. The van der Waals surface area contributed by atoms with Crippen LogP contribution in [0.1, 0.15) is 51.0 Å². The number of carbonyl (C=O) groups excluding carboxylic acids is 2. The number of amides is 2. The first-order chi connectivity index (χ1) is 17.3. The molecule has 1 saturated carbocycles. The van der Waals surface area contributed by atoms with E-state index in [1.807, 2.05) is 19.1 Å². The van der Waals surface area contributed by atoms with Gasteiger partial charge < -0.3 is 19.7 Å². The number of methoxy groups -OCH3 is 1. The van der Waals surface area contributed by atoms with Crippen LogP contribution in [0.15, 0.2) is 42.5 Å². The van der Waals surface area contributed by atoms with Gasteiger partial charge in [-0.05, 0) is 43.0 Å². The molecule has 0 aromatic heterocycles. The molecule has 2 amide bonds. The van der Waals surface area contributed by atoms with Gasteiger partial charge in [0.1, 0.15) is 11.8 Å². The van der Waals surface area contributed by atoms with Gasteiger partial charge in [-0.15, -0.1) is 0 Å². The number of nitro groups is 1. The lowest BCUT2D eigenvalue weighted by atomic mass is 9.95. The Morgan fingerprint density at radius 1 is 1.17 bits per heavy atom. The summed E-state index contributed by atoms with van der Waals surface area (Å²) in [5, 5.41) is 14.8. The van der Waals surface area contributed by atoms with Gasteiger partial charge in [0.15, 0.2) is 6.61 Å². The molecule has 1 fully saturated rings. The molecule has 10 heteroatoms. The van der Waals surface area contributed by atoms with Gasteiger partial charge >= 0.3 is 5.69 Å². The van der Waals surface area contributed by atoms with E-state index < -0.39 is 11.0 Å². The van der Waals surface area contributed by atoms with Gasteiger partial charge in [-0.25, -0.2) is 0 Å². The number of nitrogens with one attached hydrogen (secondary N) is 1. The number of ether oxygens (including phenoxy) is 2. The van der Waals surface area contributed by atoms with Crippen molar-refractivity contribution in [2.75, 3.05) is 13.7 Å². The Bertz CT molecular complexity index is 1060. The monoisotopic (exact) mass is 517 g/mol. The molecular formula is C26H32ClN3O6. The fraction of sp³-hybridized carbons (Fsp3) is 0.462. The van der Waals surface area contributed by atoms with Crippen molar-refractivity contribution in [2.24, 2.45) is 0 Å². The summed E-state index contributed by atoms with van der Waals surface area (Å²) in [5.41, 5.74) is 0.625. The van der Waals surface area contributed by atoms with Crippen LogP contribution < -0.4 is 14.8 Å². The summed E-state index contributed by atoms with van der Waals surface area (Å²) < 4.78 is 10.7. The molecule has 194 valence electrons. The maximum atomic E-state index is 13.4. The molecule has 1 N–H and O–H groups in total. The summed E-state index contributed by atoms with van der Waals surface area (Å²) in [7, 11) is 1.32. The molecule has 9 nitrogen and oxygen atoms in total. The normalized spacial score (nSPS) is 14.5. The van der Waals surface area contributed by atoms with Crippen LogP contribution in [0.2, 0.25) is 5.02 Å². The first-order valence-electron chi connectivity index (χ1n) is 12.1. The van der Waals surface area contributed by atoms with Gasteiger partial charge in [0, 0.05) is 29.7 Å². The lowest BCUT2D eigenvalue weighted by molar-refractivity contribution is -0.385. The second-order valence-corrected chi connectivity index (χ2v) is 9.23. The van der Waals surface area contributed by atoms with E-state index in [2.05, 4.69) is 5.32 Å². The van der Waals surface area contributed by atoms with Crippen LogP contribution in [0.25, 0.3) is 0 Å². The maximum absolute atomic E-state index is 13.4. The van der Waals surface area contributed by atoms with E-state index in [-0.39, 0.29) is 48.2 Å². The van der Waals surface area contributed by atoms with Crippen LogP contribution >= 0.6 is 11.6 Å². The van der Waals surface area contributed by atoms with Crippen molar-refractivity contribution >= 4 is 29.1 Å². The van der Waals surface area contributed by atoms with Crippen LogP contribution in [0, 0.1) is 10.1 Å². The van der Waals surface area contributed by atoms with Gasteiger partial charge in [0.25, 0.3) is 5.91 Å². The maximum Gasteiger partial charge on any atom is 0.311 e. The average Bonchev–Trinajstić information content (AvgIpc) is 2.88. The lowest BCUT2D eigenvalue weighted by Gasteiger charge is -2.32. The number of halogens is 1. The van der Waals surface area contributed by atoms with Gasteiger partial charge in [0.2, 0.25) is 11.7 Å². The second-order valence-electron chi connectivity index (χ2n) is 8.80. The van der Waals surface area contributed by atoms with Gasteiger partial charge in [0.05, 0.1) is 12.0 Å². The molecule has 0 bridgehead atoms. The lowest BCUT2D eigenvalue weighted by Crippen LogP contribution is -2.52. The van der Waals surface area contributed by atoms with Crippen LogP contribution in [0.5, 0.6) is 11.5 Å². The molecule has 2 aromatic carbocycles. The number of carbonyl (C=O) groups is 2. The summed E-state index contributed by atoms with van der Waals surface area (Å²) in [5.74, 6) is -0.283. The van der Waals surface area contributed by atoms with Crippen molar-refractivity contribution < 1.29 is 24.0 Å². The third kappa shape index (κ3) is 7.34. The van der Waals surface area contributed by atoms with Gasteiger partial charge in [-0.3, -0.25) is 19.7 Å². The second kappa shape index (κ2) is 13.1. The van der Waals surface area contributed by atoms with Crippen LogP contribution in [-0.4, -0.2) is 47.4 Å². The first kappa shape index (κ1) is 27.3. The minimum Gasteiger partial charge on any atom is -0.490 e. The zero-order valence-electron chi connectivity index (χ0n) is 20.6. The standard InChI is InChI=1S/C26H32ClN3O6/c1-3-22(26(32)28-20-7-5-4-6-8-20)29(16-18-9-11-19(27)12-10-18)25(31)17-36-21-13-14-23(30(33)34)24(15-21)35-2/h9-15,20,22H,3-8,16-17H2,1-2H3,(H,28,32). The summed E-state index contributed by atoms with van der Waals surface area (Å²) in [4.78, 5) is 38.7. The van der Waals surface area contributed by atoms with E-state index in [0.29, 0.717) is 11.4 Å². The molecule has 1 aliphatic carbocycles. The fourth-order valence-corrected chi connectivity index (χ4v) is 4.50. The average molecular weight is 518 g/mol. The number of hydrogen-bond acceptors (Lipinski definition) is 6. The predicted molar refractivity (Wildman–Crippen MR) is 136 cm³/mol. The Labute approximate surface area is 215 Å². The van der Waals surface area contributed by atoms with Crippen molar-refractivity contribution in [3.8, 4) is 11.5 Å². The Balaban J connectivity index is 1.77. The molecule has 0 spiro atoms. The third-order valence-electron chi connectivity index (χ3n) is 6.31. The molecule has 36 heavy (non-hydrogen) atoms. The Kier molecular flexibility index (Phi) is 9.93. The zero-order valence-corrected chi connectivity index (χ0v) is 21.3. The van der Waals surface area contributed by atoms with E-state index in [1.54, 1.807) is 12.1 Å². The van der Waals surface area contributed by atoms with E-state index >= 15 is 0 Å². The predicted octanol–water partition coefficient (Wildman–Crippen LogP) is 4.89. The van der Waals surface area contributed by atoms with Crippen molar-refractivity contribution in [1.29, 1.82) is 0 Å². The minimum atomic E-state index is -0.676. The van der Waals surface area contributed by atoms with E-state index in [9.17, 15) is 19.7 Å². The summed E-state index contributed by atoms with van der Waals surface area (Å²) >= 11 is 6.02. The van der Waals surface area contributed by atoms with Crippen LogP contribution in [-0.2, 0) is 16.1 Å². The molecule has 0 heterocycles. The molecule has 1 aliphatic rings. The number of hydrogen-bond donors (Lipinski definition) is 1. The number of rotatable bonds is 11. The van der Waals surface area contributed by atoms with Crippen molar-refractivity contribution in [2.45, 2.75) is 64.1 Å². The fourth-order valence-electron chi connectivity index (χ4n) is 4.38. The largest absolute Gasteiger partial charge is 0.490 e. The highest BCUT2D eigenvalue weighted by molar-refractivity contribution is 6.30. The van der Waals surface area contributed by atoms with E-state index in [0.717, 1.165) is 31.2 Å². The van der Waals surface area contributed by atoms with E-state index in [4.69, 9.17) is 21.1 Å². The smallest absolute Gasteiger partial charge is 0.311 e. The molecule has 1 unspecified atom stereocenters. The van der Waals surface area contributed by atoms with Crippen LogP contribution in [0.4, 0.5) is 5.69 Å². The molecular weight excluding hydrogens is 486 g/mol. The molecule has 2 aromatic rings. The molecule has 0 aliphatic heterocycles. The molecule has 3 rings (SSSR count). The molecule has 0 saturated heterocycles. The van der Waals surface area contributed by atoms with Gasteiger partial charge in [-0.1, -0.05) is 49.9 Å². The van der Waals surface area contributed by atoms with Crippen molar-refractivity contribution in [1.82, 2.24) is 10.2 Å². The third-order valence-corrected chi connectivity index (χ3v) is 6.57. The van der Waals surface area contributed by atoms with Crippen molar-refractivity contribution in [3.63, 3.8) is 0 Å². The first-order valence-corrected chi connectivity index (χ1v) is 12.5. The van der Waals surface area contributed by atoms with Crippen LogP contribution in [0.3, 0.4) is 0 Å². The highest BCUT2D eigenvalue weighted by atomic mass is 35.5. The molecule has 1 atom stereocenters. The number of nitrogens with zero attached hydrogens (tertiary/aromatic N) is 2. The Morgan fingerprint density at radius 2 is 1.86 bits per heavy atom. The Morgan fingerprint density at radius 3 is 2.47 bits per heavy atom. The Hall–Kier alpha value is -3.33. The highest BCUT2D eigenvalue weighted by Crippen LogP contribution is 2.31. The van der Waals surface area contributed by atoms with Gasteiger partial charge in [-0.2, -0.15) is 0 Å². The summed E-state index contributed by atoms with van der Waals surface area (Å²) in [6.07, 6.45) is 5.67. The quantitative estimate of drug-likeness (QED) is 0.335. The van der Waals surface area contributed by atoms with E-state index in [1.165, 1.54) is 36.6 Å². The topological polar surface area (TPSA) is 111 Å². The SMILES string of the molecule is CCC(C(=O)NC1CCCCC1)N(Cc1ccc(Cl)cc1)C(=O)COc1ccc([N+](=O)[O-])c(OC)c1.